The van der Waals surface area contributed by atoms with Crippen LogP contribution in [0.5, 0.6) is 0 Å². The number of piperazine rings is 1. The summed E-state index contributed by atoms with van der Waals surface area (Å²) in [6.07, 6.45) is 3.59. The van der Waals surface area contributed by atoms with Crippen molar-refractivity contribution < 1.29 is 4.79 Å². The van der Waals surface area contributed by atoms with Crippen molar-refractivity contribution in [2.24, 2.45) is 12.0 Å². The minimum absolute atomic E-state index is 0. The molecule has 1 fully saturated rings. The number of guanidine groups is 1. The van der Waals surface area contributed by atoms with Crippen LogP contribution in [0.2, 0.25) is 0 Å². The molecule has 0 saturated carbocycles. The number of nitrogens with one attached hydrogen (secondary N) is 1. The number of aryl methyl sites for hydroxylation is 1. The Hall–Kier alpha value is -1.62. The van der Waals surface area contributed by atoms with Crippen molar-refractivity contribution in [1.29, 1.82) is 0 Å². The van der Waals surface area contributed by atoms with E-state index < -0.39 is 0 Å². The molecule has 0 unspecified atom stereocenters. The molecule has 0 radical (unpaired) electrons. The van der Waals surface area contributed by atoms with Gasteiger partial charge in [0.15, 0.2) is 5.96 Å². The molecule has 1 aliphatic rings. The monoisotopic (exact) mass is 574 g/mol. The highest BCUT2D eigenvalue weighted by Gasteiger charge is 2.29. The van der Waals surface area contributed by atoms with Gasteiger partial charge in [-0.1, -0.05) is 48.0 Å². The first-order valence-electron chi connectivity index (χ1n) is 9.31. The second kappa shape index (κ2) is 9.92. The van der Waals surface area contributed by atoms with Crippen LogP contribution in [0, 0.1) is 0 Å². The minimum Gasteiger partial charge on any atom is -0.355 e. The van der Waals surface area contributed by atoms with E-state index in [2.05, 4.69) is 57.3 Å². The summed E-state index contributed by atoms with van der Waals surface area (Å²) in [4.78, 5) is 20.8. The van der Waals surface area contributed by atoms with Gasteiger partial charge in [-0.3, -0.25) is 14.5 Å². The van der Waals surface area contributed by atoms with Crippen LogP contribution >= 0.6 is 39.9 Å². The summed E-state index contributed by atoms with van der Waals surface area (Å²) in [7, 11) is 3.61. The van der Waals surface area contributed by atoms with Gasteiger partial charge in [0.05, 0.1) is 11.9 Å². The Morgan fingerprint density at radius 2 is 2.03 bits per heavy atom. The maximum Gasteiger partial charge on any atom is 0.246 e. The molecule has 2 heterocycles. The summed E-state index contributed by atoms with van der Waals surface area (Å²) >= 11 is 3.65. The van der Waals surface area contributed by atoms with Crippen LogP contribution in [-0.4, -0.2) is 59.8 Å². The number of amides is 1. The molecule has 2 aromatic rings. The van der Waals surface area contributed by atoms with Crippen molar-refractivity contribution in [3.63, 3.8) is 0 Å². The third kappa shape index (κ3) is 5.50. The van der Waals surface area contributed by atoms with E-state index >= 15 is 0 Å². The molecule has 0 atom stereocenters. The smallest absolute Gasteiger partial charge is 0.246 e. The summed E-state index contributed by atoms with van der Waals surface area (Å²) in [5.74, 6) is 0.798. The van der Waals surface area contributed by atoms with E-state index in [0.717, 1.165) is 22.7 Å². The minimum atomic E-state index is -0.0996. The largest absolute Gasteiger partial charge is 0.355 e. The molecule has 1 aromatic carbocycles. The van der Waals surface area contributed by atoms with Gasteiger partial charge in [-0.2, -0.15) is 5.10 Å². The van der Waals surface area contributed by atoms with Crippen molar-refractivity contribution in [3.05, 3.63) is 46.7 Å². The first-order valence-corrected chi connectivity index (χ1v) is 10.1. The molecule has 0 aliphatic carbocycles. The number of aliphatic imine (C=N–C) groups is 1. The number of hydrogen-bond donors (Lipinski definition) is 1. The fourth-order valence-electron chi connectivity index (χ4n) is 3.41. The summed E-state index contributed by atoms with van der Waals surface area (Å²) in [5, 5.41) is 7.61. The zero-order valence-corrected chi connectivity index (χ0v) is 21.1. The lowest BCUT2D eigenvalue weighted by Gasteiger charge is -2.36. The Labute approximate surface area is 197 Å². The zero-order chi connectivity index (χ0) is 20.3. The van der Waals surface area contributed by atoms with E-state index in [1.54, 1.807) is 22.8 Å². The number of benzene rings is 1. The van der Waals surface area contributed by atoms with Gasteiger partial charge < -0.3 is 15.1 Å². The summed E-state index contributed by atoms with van der Waals surface area (Å²) in [5.41, 5.74) is 1.97. The fraction of sp³-hybridized carbons (Fsp3) is 0.450. The maximum absolute atomic E-state index is 12.7. The lowest BCUT2D eigenvalue weighted by atomic mass is 9.84. The van der Waals surface area contributed by atoms with Gasteiger partial charge >= 0.3 is 0 Å². The first-order chi connectivity index (χ1) is 13.3. The molecule has 7 nitrogen and oxygen atoms in total. The molecule has 1 aliphatic heterocycles. The molecule has 1 aromatic heterocycles. The standard InChI is InChI=1S/C20H27BrN6O.HI/c1-20(2,16-7-5-6-8-17(16)21)14-23-19(22-3)26-9-10-27(18(28)13-26)15-11-24-25(4)12-15;/h5-8,11-12H,9-10,13-14H2,1-4H3,(H,22,23);1H. The lowest BCUT2D eigenvalue weighted by Crippen LogP contribution is -2.56. The molecular weight excluding hydrogens is 547 g/mol. The Bertz CT molecular complexity index is 881. The topological polar surface area (TPSA) is 65.8 Å². The second-order valence-corrected chi connectivity index (χ2v) is 8.46. The molecule has 1 N–H and O–H groups in total. The number of carbonyl (C=O) groups excluding carboxylic acids is 1. The zero-order valence-electron chi connectivity index (χ0n) is 17.2. The molecule has 29 heavy (non-hydrogen) atoms. The SMILES string of the molecule is CN=C(NCC(C)(C)c1ccccc1Br)N1CCN(c2cnn(C)c2)C(=O)C1.I. The van der Waals surface area contributed by atoms with Crippen molar-refractivity contribution >= 4 is 57.5 Å². The average Bonchev–Trinajstić information content (AvgIpc) is 3.08. The van der Waals surface area contributed by atoms with Gasteiger partial charge in [-0.05, 0) is 11.6 Å². The predicted octanol–water partition coefficient (Wildman–Crippen LogP) is 3.00. The lowest BCUT2D eigenvalue weighted by molar-refractivity contribution is -0.120. The van der Waals surface area contributed by atoms with Crippen LogP contribution in [0.15, 0.2) is 46.1 Å². The van der Waals surface area contributed by atoms with E-state index in [0.29, 0.717) is 19.6 Å². The van der Waals surface area contributed by atoms with Crippen molar-refractivity contribution in [3.8, 4) is 0 Å². The van der Waals surface area contributed by atoms with Crippen LogP contribution in [0.1, 0.15) is 19.4 Å². The number of anilines is 1. The molecule has 1 saturated heterocycles. The fourth-order valence-corrected chi connectivity index (χ4v) is 4.23. The predicted molar refractivity (Wildman–Crippen MR) is 131 cm³/mol. The highest BCUT2D eigenvalue weighted by atomic mass is 127. The number of nitrogens with zero attached hydrogens (tertiary/aromatic N) is 5. The van der Waals surface area contributed by atoms with Gasteiger partial charge in [0, 0.05) is 49.8 Å². The van der Waals surface area contributed by atoms with Gasteiger partial charge in [-0.15, -0.1) is 24.0 Å². The van der Waals surface area contributed by atoms with Crippen LogP contribution in [0.4, 0.5) is 5.69 Å². The van der Waals surface area contributed by atoms with E-state index in [9.17, 15) is 4.79 Å². The second-order valence-electron chi connectivity index (χ2n) is 7.60. The third-order valence-electron chi connectivity index (χ3n) is 5.03. The number of hydrogen-bond acceptors (Lipinski definition) is 3. The highest BCUT2D eigenvalue weighted by molar-refractivity contribution is 14.0. The van der Waals surface area contributed by atoms with Gasteiger partial charge in [0.1, 0.15) is 6.54 Å². The van der Waals surface area contributed by atoms with E-state index in [4.69, 9.17) is 0 Å². The Morgan fingerprint density at radius 3 is 2.62 bits per heavy atom. The van der Waals surface area contributed by atoms with Crippen LogP contribution in [0.3, 0.4) is 0 Å². The maximum atomic E-state index is 12.7. The van der Waals surface area contributed by atoms with Crippen LogP contribution in [0.25, 0.3) is 0 Å². The average molecular weight is 575 g/mol. The Morgan fingerprint density at radius 1 is 1.31 bits per heavy atom. The molecule has 0 bridgehead atoms. The quantitative estimate of drug-likeness (QED) is 0.346. The summed E-state index contributed by atoms with van der Waals surface area (Å²) in [6, 6.07) is 8.25. The van der Waals surface area contributed by atoms with E-state index in [1.165, 1.54) is 5.56 Å². The number of carbonyl (C=O) groups is 1. The Balaban J connectivity index is 0.00000300. The molecule has 158 valence electrons. The Kier molecular flexibility index (Phi) is 8.10. The van der Waals surface area contributed by atoms with Gasteiger partial charge in [-0.25, -0.2) is 0 Å². The number of halogens is 2. The molecule has 9 heteroatoms. The molecule has 1 amide bonds. The van der Waals surface area contributed by atoms with Crippen LogP contribution in [-0.2, 0) is 17.3 Å². The van der Waals surface area contributed by atoms with E-state index in [1.807, 2.05) is 30.3 Å². The third-order valence-corrected chi connectivity index (χ3v) is 5.72. The number of aromatic nitrogens is 2. The molecule has 0 spiro atoms. The first kappa shape index (κ1) is 23.7. The van der Waals surface area contributed by atoms with Crippen molar-refractivity contribution in [2.45, 2.75) is 19.3 Å². The van der Waals surface area contributed by atoms with Crippen LogP contribution < -0.4 is 10.2 Å². The van der Waals surface area contributed by atoms with Crippen molar-refractivity contribution in [2.75, 3.05) is 38.1 Å². The molecular formula is C20H28BrIN6O. The molecule has 3 rings (SSSR count). The summed E-state index contributed by atoms with van der Waals surface area (Å²) < 4.78 is 2.80. The highest BCUT2D eigenvalue weighted by Crippen LogP contribution is 2.29. The van der Waals surface area contributed by atoms with Gasteiger partial charge in [0.25, 0.3) is 0 Å². The normalized spacial score (nSPS) is 15.3. The number of rotatable bonds is 4. The summed E-state index contributed by atoms with van der Waals surface area (Å²) in [6.45, 7) is 6.72. The van der Waals surface area contributed by atoms with Gasteiger partial charge in [0.2, 0.25) is 5.91 Å². The van der Waals surface area contributed by atoms with Crippen molar-refractivity contribution in [1.82, 2.24) is 20.0 Å². The van der Waals surface area contributed by atoms with E-state index in [-0.39, 0.29) is 35.3 Å².